The number of halogens is 2. The second-order valence-corrected chi connectivity index (χ2v) is 6.74. The van der Waals surface area contributed by atoms with Crippen molar-refractivity contribution in [2.24, 2.45) is 0 Å². The Labute approximate surface area is 146 Å². The van der Waals surface area contributed by atoms with Crippen molar-refractivity contribution in [1.82, 2.24) is 15.5 Å². The molecule has 0 spiro atoms. The molecule has 2 N–H and O–H groups in total. The van der Waals surface area contributed by atoms with E-state index in [0.29, 0.717) is 6.54 Å². The van der Waals surface area contributed by atoms with Gasteiger partial charge in [-0.3, -0.25) is 15.0 Å². The number of nitrogens with one attached hydrogen (secondary N) is 2. The van der Waals surface area contributed by atoms with Crippen LogP contribution in [-0.2, 0) is 4.79 Å². The van der Waals surface area contributed by atoms with Crippen molar-refractivity contribution in [3.8, 4) is 5.75 Å². The molecule has 0 bridgehead atoms. The molecule has 2 aliphatic heterocycles. The maximum atomic E-state index is 13.3. The van der Waals surface area contributed by atoms with Gasteiger partial charge in [0.05, 0.1) is 25.7 Å². The number of carbonyl (C=O) groups excluding carboxylic acids is 1. The van der Waals surface area contributed by atoms with E-state index < -0.39 is 24.9 Å². The van der Waals surface area contributed by atoms with Crippen molar-refractivity contribution in [2.45, 2.75) is 37.3 Å². The topological polar surface area (TPSA) is 53.6 Å². The van der Waals surface area contributed by atoms with Crippen LogP contribution in [0.1, 0.15) is 30.9 Å². The zero-order valence-electron chi connectivity index (χ0n) is 14.4. The summed E-state index contributed by atoms with van der Waals surface area (Å²) < 4.78 is 32.1. The van der Waals surface area contributed by atoms with E-state index >= 15 is 0 Å². The molecule has 2 heterocycles. The van der Waals surface area contributed by atoms with Gasteiger partial charge in [0.15, 0.2) is 0 Å². The molecule has 138 valence electrons. The first kappa shape index (κ1) is 18.1. The smallest absolute Gasteiger partial charge is 0.262 e. The monoisotopic (exact) mass is 353 g/mol. The van der Waals surface area contributed by atoms with Crippen molar-refractivity contribution < 1.29 is 18.3 Å². The van der Waals surface area contributed by atoms with Gasteiger partial charge in [0.1, 0.15) is 5.75 Å². The molecular formula is C18H25F2N3O2. The predicted octanol–water partition coefficient (Wildman–Crippen LogP) is 1.95. The Morgan fingerprint density at radius 1 is 1.40 bits per heavy atom. The Kier molecular flexibility index (Phi) is 5.54. The lowest BCUT2D eigenvalue weighted by molar-refractivity contribution is -0.123. The van der Waals surface area contributed by atoms with Crippen LogP contribution in [-0.4, -0.2) is 56.1 Å². The zero-order chi connectivity index (χ0) is 17.9. The zero-order valence-corrected chi connectivity index (χ0v) is 14.4. The average Bonchev–Trinajstić information content (AvgIpc) is 3.25. The Balaban J connectivity index is 1.69. The van der Waals surface area contributed by atoms with Gasteiger partial charge in [-0.25, -0.2) is 8.78 Å². The van der Waals surface area contributed by atoms with Gasteiger partial charge in [-0.05, 0) is 32.0 Å². The maximum Gasteiger partial charge on any atom is 0.262 e. The van der Waals surface area contributed by atoms with Gasteiger partial charge in [-0.15, -0.1) is 0 Å². The fourth-order valence-corrected chi connectivity index (χ4v) is 3.65. The maximum absolute atomic E-state index is 13.3. The highest BCUT2D eigenvalue weighted by atomic mass is 19.3. The summed E-state index contributed by atoms with van der Waals surface area (Å²) in [4.78, 5) is 14.6. The van der Waals surface area contributed by atoms with Crippen molar-refractivity contribution >= 4 is 5.91 Å². The lowest BCUT2D eigenvalue weighted by Gasteiger charge is -2.29. The van der Waals surface area contributed by atoms with E-state index in [0.717, 1.165) is 37.2 Å². The van der Waals surface area contributed by atoms with E-state index in [1.54, 1.807) is 7.11 Å². The molecule has 0 aliphatic carbocycles. The third-order valence-corrected chi connectivity index (χ3v) is 4.98. The number of carbonyl (C=O) groups is 1. The fraction of sp³-hybridized carbons (Fsp3) is 0.611. The molecule has 0 saturated carbocycles. The molecular weight excluding hydrogens is 328 g/mol. The van der Waals surface area contributed by atoms with Crippen molar-refractivity contribution in [3.63, 3.8) is 0 Å². The van der Waals surface area contributed by atoms with Crippen LogP contribution < -0.4 is 15.4 Å². The van der Waals surface area contributed by atoms with E-state index in [1.165, 1.54) is 0 Å². The molecule has 2 unspecified atom stereocenters. The van der Waals surface area contributed by atoms with Gasteiger partial charge in [0.25, 0.3) is 5.92 Å². The number of methoxy groups -OCH3 is 1. The van der Waals surface area contributed by atoms with Gasteiger partial charge in [0.2, 0.25) is 5.91 Å². The molecule has 2 saturated heterocycles. The Morgan fingerprint density at radius 3 is 2.76 bits per heavy atom. The summed E-state index contributed by atoms with van der Waals surface area (Å²) in [5.41, 5.74) is 1.01. The van der Waals surface area contributed by atoms with Crippen LogP contribution in [0, 0.1) is 0 Å². The van der Waals surface area contributed by atoms with Gasteiger partial charge in [-0.2, -0.15) is 0 Å². The van der Waals surface area contributed by atoms with Crippen LogP contribution in [0.15, 0.2) is 24.3 Å². The lowest BCUT2D eigenvalue weighted by Crippen LogP contribution is -2.44. The average molecular weight is 353 g/mol. The number of ether oxygens (including phenoxy) is 1. The molecule has 7 heteroatoms. The molecule has 1 amide bonds. The molecule has 25 heavy (non-hydrogen) atoms. The lowest BCUT2D eigenvalue weighted by atomic mass is 10.0. The number of rotatable bonds is 6. The number of alkyl halides is 2. The minimum absolute atomic E-state index is 0.0236. The van der Waals surface area contributed by atoms with Gasteiger partial charge in [0, 0.05) is 18.5 Å². The number of nitrogens with zero attached hydrogens (tertiary/aromatic N) is 1. The molecule has 2 aliphatic rings. The third-order valence-electron chi connectivity index (χ3n) is 4.98. The molecule has 1 aromatic carbocycles. The molecule has 3 rings (SSSR count). The number of para-hydroxylation sites is 1. The molecule has 2 fully saturated rings. The molecule has 1 aromatic rings. The van der Waals surface area contributed by atoms with Crippen LogP contribution in [0.2, 0.25) is 0 Å². The number of hydrogen-bond acceptors (Lipinski definition) is 4. The van der Waals surface area contributed by atoms with Crippen LogP contribution >= 0.6 is 0 Å². The summed E-state index contributed by atoms with van der Waals surface area (Å²) in [6, 6.07) is 6.90. The minimum atomic E-state index is -2.81. The van der Waals surface area contributed by atoms with Crippen LogP contribution in [0.25, 0.3) is 0 Å². The third kappa shape index (κ3) is 4.27. The van der Waals surface area contributed by atoms with Gasteiger partial charge in [-0.1, -0.05) is 18.2 Å². The number of likely N-dealkylation sites (tertiary alicyclic amines) is 1. The van der Waals surface area contributed by atoms with Crippen LogP contribution in [0.4, 0.5) is 8.78 Å². The first-order valence-electron chi connectivity index (χ1n) is 8.76. The van der Waals surface area contributed by atoms with Crippen LogP contribution in [0.3, 0.4) is 0 Å². The summed E-state index contributed by atoms with van der Waals surface area (Å²) in [5, 5.41) is 5.46. The first-order valence-corrected chi connectivity index (χ1v) is 8.76. The van der Waals surface area contributed by atoms with E-state index in [2.05, 4.69) is 15.5 Å². The van der Waals surface area contributed by atoms with E-state index in [4.69, 9.17) is 4.74 Å². The van der Waals surface area contributed by atoms with E-state index in [9.17, 15) is 13.6 Å². The summed E-state index contributed by atoms with van der Waals surface area (Å²) >= 11 is 0. The van der Waals surface area contributed by atoms with Crippen molar-refractivity contribution in [2.75, 3.05) is 33.3 Å². The SMILES string of the molecule is COc1ccccc1C(CNC(=O)C1CC(F)(F)CN1)N1CCCC1. The predicted molar refractivity (Wildman–Crippen MR) is 90.9 cm³/mol. The second-order valence-electron chi connectivity index (χ2n) is 6.74. The summed E-state index contributed by atoms with van der Waals surface area (Å²) in [7, 11) is 1.63. The number of hydrogen-bond donors (Lipinski definition) is 2. The number of benzene rings is 1. The highest BCUT2D eigenvalue weighted by molar-refractivity contribution is 5.82. The normalized spacial score (nSPS) is 24.2. The Hall–Kier alpha value is -1.73. The molecule has 5 nitrogen and oxygen atoms in total. The standard InChI is InChI=1S/C18H25F2N3O2/c1-25-16-7-3-2-6-13(16)15(23-8-4-5-9-23)11-21-17(24)14-10-18(19,20)12-22-14/h2-3,6-7,14-15,22H,4-5,8-12H2,1H3,(H,21,24). The first-order chi connectivity index (χ1) is 12.0. The van der Waals surface area contributed by atoms with E-state index in [1.807, 2.05) is 24.3 Å². The van der Waals surface area contributed by atoms with Crippen molar-refractivity contribution in [1.29, 1.82) is 0 Å². The Morgan fingerprint density at radius 2 is 2.12 bits per heavy atom. The quantitative estimate of drug-likeness (QED) is 0.821. The van der Waals surface area contributed by atoms with Crippen LogP contribution in [0.5, 0.6) is 5.75 Å². The highest BCUT2D eigenvalue weighted by Gasteiger charge is 2.42. The number of amides is 1. The van der Waals surface area contributed by atoms with Crippen molar-refractivity contribution in [3.05, 3.63) is 29.8 Å². The molecule has 0 radical (unpaired) electrons. The Bertz CT molecular complexity index is 606. The van der Waals surface area contributed by atoms with E-state index in [-0.39, 0.29) is 11.9 Å². The molecule has 0 aromatic heterocycles. The minimum Gasteiger partial charge on any atom is -0.496 e. The van der Waals surface area contributed by atoms with Gasteiger partial charge >= 0.3 is 0 Å². The summed E-state index contributed by atoms with van der Waals surface area (Å²) in [5.74, 6) is -2.39. The largest absolute Gasteiger partial charge is 0.496 e. The second kappa shape index (κ2) is 7.66. The fourth-order valence-electron chi connectivity index (χ4n) is 3.65. The van der Waals surface area contributed by atoms with Gasteiger partial charge < -0.3 is 10.1 Å². The summed E-state index contributed by atoms with van der Waals surface area (Å²) in [6.07, 6.45) is 1.80. The molecule has 2 atom stereocenters. The highest BCUT2D eigenvalue weighted by Crippen LogP contribution is 2.31. The summed E-state index contributed by atoms with van der Waals surface area (Å²) in [6.45, 7) is 1.85.